The Morgan fingerprint density at radius 2 is 2.11 bits per heavy atom. The lowest BCUT2D eigenvalue weighted by Gasteiger charge is -2.16. The van der Waals surface area contributed by atoms with E-state index in [-0.39, 0.29) is 18.4 Å². The first kappa shape index (κ1) is 11.9. The van der Waals surface area contributed by atoms with Crippen LogP contribution in [-0.4, -0.2) is 34.4 Å². The minimum Gasteiger partial charge on any atom is -0.396 e. The first-order chi connectivity index (χ1) is 9.28. The van der Waals surface area contributed by atoms with E-state index in [9.17, 15) is 4.79 Å². The fourth-order valence-corrected chi connectivity index (χ4v) is 2.40. The predicted octanol–water partition coefficient (Wildman–Crippen LogP) is 1.42. The van der Waals surface area contributed by atoms with Gasteiger partial charge in [0.15, 0.2) is 0 Å². The molecular weight excluding hydrogens is 242 g/mol. The lowest BCUT2D eigenvalue weighted by Crippen LogP contribution is -2.24. The summed E-state index contributed by atoms with van der Waals surface area (Å²) in [4.78, 5) is 13.6. The van der Waals surface area contributed by atoms with Crippen molar-refractivity contribution in [3.05, 3.63) is 36.7 Å². The molecule has 1 aromatic heterocycles. The van der Waals surface area contributed by atoms with Crippen LogP contribution in [0.2, 0.25) is 0 Å². The summed E-state index contributed by atoms with van der Waals surface area (Å²) >= 11 is 0. The Bertz CT molecular complexity index is 563. The Morgan fingerprint density at radius 3 is 2.68 bits per heavy atom. The van der Waals surface area contributed by atoms with E-state index in [2.05, 4.69) is 10.2 Å². The molecule has 1 aliphatic heterocycles. The summed E-state index contributed by atoms with van der Waals surface area (Å²) in [6, 6.07) is 7.81. The molecule has 0 bridgehead atoms. The van der Waals surface area contributed by atoms with Crippen molar-refractivity contribution in [2.45, 2.75) is 6.42 Å². The number of carbonyl (C=O) groups excluding carboxylic acids is 1. The number of aliphatic hydroxyl groups excluding tert-OH is 1. The van der Waals surface area contributed by atoms with E-state index >= 15 is 0 Å². The van der Waals surface area contributed by atoms with Gasteiger partial charge < -0.3 is 10.0 Å². The van der Waals surface area contributed by atoms with Gasteiger partial charge in [-0.05, 0) is 17.7 Å². The number of hydrogen-bond acceptors (Lipinski definition) is 3. The van der Waals surface area contributed by atoms with Crippen molar-refractivity contribution in [3.8, 4) is 11.1 Å². The minimum atomic E-state index is 0.0565. The van der Waals surface area contributed by atoms with E-state index in [0.29, 0.717) is 13.0 Å². The number of aliphatic hydroxyl groups is 1. The molecule has 19 heavy (non-hydrogen) atoms. The van der Waals surface area contributed by atoms with Crippen LogP contribution >= 0.6 is 0 Å². The summed E-state index contributed by atoms with van der Waals surface area (Å²) in [7, 11) is 0. The van der Waals surface area contributed by atoms with E-state index in [1.807, 2.05) is 30.5 Å². The van der Waals surface area contributed by atoms with Gasteiger partial charge in [-0.15, -0.1) is 0 Å². The predicted molar refractivity (Wildman–Crippen MR) is 71.6 cm³/mol. The summed E-state index contributed by atoms with van der Waals surface area (Å²) in [6.45, 7) is 0.662. The third-order valence-electron chi connectivity index (χ3n) is 3.47. The van der Waals surface area contributed by atoms with Crippen molar-refractivity contribution in [1.29, 1.82) is 0 Å². The van der Waals surface area contributed by atoms with Gasteiger partial charge in [0.1, 0.15) is 0 Å². The normalized spacial score (nSPS) is 19.1. The zero-order valence-electron chi connectivity index (χ0n) is 10.4. The summed E-state index contributed by atoms with van der Waals surface area (Å²) < 4.78 is 0. The molecule has 2 heterocycles. The van der Waals surface area contributed by atoms with Crippen molar-refractivity contribution in [1.82, 2.24) is 10.2 Å². The molecule has 1 atom stereocenters. The molecule has 0 aliphatic carbocycles. The topological polar surface area (TPSA) is 69.2 Å². The smallest absolute Gasteiger partial charge is 0.227 e. The molecule has 2 N–H and O–H groups in total. The quantitative estimate of drug-likeness (QED) is 0.873. The highest BCUT2D eigenvalue weighted by Crippen LogP contribution is 2.27. The molecule has 1 saturated heterocycles. The zero-order chi connectivity index (χ0) is 13.2. The number of anilines is 1. The molecule has 5 nitrogen and oxygen atoms in total. The van der Waals surface area contributed by atoms with Gasteiger partial charge in [0.2, 0.25) is 5.91 Å². The van der Waals surface area contributed by atoms with Crippen LogP contribution in [0.15, 0.2) is 36.7 Å². The van der Waals surface area contributed by atoms with Crippen LogP contribution in [0.4, 0.5) is 5.69 Å². The van der Waals surface area contributed by atoms with Crippen molar-refractivity contribution in [2.24, 2.45) is 5.92 Å². The average Bonchev–Trinajstić information content (AvgIpc) is 3.08. The number of nitrogens with one attached hydrogen (secondary N) is 1. The van der Waals surface area contributed by atoms with Gasteiger partial charge in [0.25, 0.3) is 0 Å². The van der Waals surface area contributed by atoms with Crippen molar-refractivity contribution in [3.63, 3.8) is 0 Å². The van der Waals surface area contributed by atoms with E-state index in [0.717, 1.165) is 16.8 Å². The number of aromatic amines is 1. The lowest BCUT2D eigenvalue weighted by atomic mass is 10.1. The molecule has 5 heteroatoms. The van der Waals surface area contributed by atoms with Gasteiger partial charge in [-0.25, -0.2) is 0 Å². The maximum Gasteiger partial charge on any atom is 0.227 e. The van der Waals surface area contributed by atoms with Crippen LogP contribution in [0.3, 0.4) is 0 Å². The molecular formula is C14H15N3O2. The monoisotopic (exact) mass is 257 g/mol. The second-order valence-corrected chi connectivity index (χ2v) is 4.79. The third-order valence-corrected chi connectivity index (χ3v) is 3.47. The van der Waals surface area contributed by atoms with E-state index < -0.39 is 0 Å². The molecule has 98 valence electrons. The highest BCUT2D eigenvalue weighted by atomic mass is 16.3. The fraction of sp³-hybridized carbons (Fsp3) is 0.286. The number of rotatable bonds is 3. The molecule has 3 rings (SSSR count). The van der Waals surface area contributed by atoms with Crippen molar-refractivity contribution in [2.75, 3.05) is 18.1 Å². The number of nitrogens with zero attached hydrogens (tertiary/aromatic N) is 2. The van der Waals surface area contributed by atoms with E-state index in [1.54, 1.807) is 11.1 Å². The summed E-state index contributed by atoms with van der Waals surface area (Å²) in [6.07, 6.45) is 4.02. The lowest BCUT2D eigenvalue weighted by molar-refractivity contribution is -0.117. The molecule has 0 radical (unpaired) electrons. The molecule has 1 amide bonds. The molecule has 0 unspecified atom stereocenters. The number of carbonyl (C=O) groups is 1. The van der Waals surface area contributed by atoms with Crippen molar-refractivity contribution < 1.29 is 9.90 Å². The SMILES string of the molecule is O=C1C[C@@H](CO)CN1c1ccc(-c2cn[nH]c2)cc1. The first-order valence-electron chi connectivity index (χ1n) is 6.28. The van der Waals surface area contributed by atoms with Crippen LogP contribution in [0, 0.1) is 5.92 Å². The highest BCUT2D eigenvalue weighted by Gasteiger charge is 2.29. The standard InChI is InChI=1S/C14H15N3O2/c18-9-10-5-14(19)17(8-10)13-3-1-11(2-4-13)12-6-15-16-7-12/h1-4,6-7,10,18H,5,8-9H2,(H,15,16)/t10-/m1/s1. The van der Waals surface area contributed by atoms with Crippen LogP contribution in [0.5, 0.6) is 0 Å². The second-order valence-electron chi connectivity index (χ2n) is 4.79. The molecule has 1 fully saturated rings. The van der Waals surface area contributed by atoms with Gasteiger partial charge in [-0.1, -0.05) is 12.1 Å². The zero-order valence-corrected chi connectivity index (χ0v) is 10.4. The van der Waals surface area contributed by atoms with Gasteiger partial charge in [-0.2, -0.15) is 5.10 Å². The Hall–Kier alpha value is -2.14. The van der Waals surface area contributed by atoms with Crippen molar-refractivity contribution >= 4 is 11.6 Å². The molecule has 0 spiro atoms. The Kier molecular flexibility index (Phi) is 3.05. The Morgan fingerprint density at radius 1 is 1.32 bits per heavy atom. The largest absolute Gasteiger partial charge is 0.396 e. The summed E-state index contributed by atoms with van der Waals surface area (Å²) in [5.74, 6) is 0.135. The maximum absolute atomic E-state index is 11.9. The van der Waals surface area contributed by atoms with Crippen LogP contribution in [0.25, 0.3) is 11.1 Å². The summed E-state index contributed by atoms with van der Waals surface area (Å²) in [5, 5.41) is 15.8. The van der Waals surface area contributed by atoms with Gasteiger partial charge in [0.05, 0.1) is 6.20 Å². The number of amides is 1. The second kappa shape index (κ2) is 4.85. The average molecular weight is 257 g/mol. The number of benzene rings is 1. The Balaban J connectivity index is 1.81. The molecule has 1 aliphatic rings. The Labute approximate surface area is 110 Å². The van der Waals surface area contributed by atoms with Crippen LogP contribution < -0.4 is 4.90 Å². The van der Waals surface area contributed by atoms with Gasteiger partial charge >= 0.3 is 0 Å². The minimum absolute atomic E-state index is 0.0565. The molecule has 1 aromatic carbocycles. The fourth-order valence-electron chi connectivity index (χ4n) is 2.40. The maximum atomic E-state index is 11.9. The molecule has 0 saturated carbocycles. The number of H-pyrrole nitrogens is 1. The summed E-state index contributed by atoms with van der Waals surface area (Å²) in [5.41, 5.74) is 2.96. The third kappa shape index (κ3) is 2.24. The van der Waals surface area contributed by atoms with Crippen LogP contribution in [-0.2, 0) is 4.79 Å². The highest BCUT2D eigenvalue weighted by molar-refractivity contribution is 5.95. The number of hydrogen-bond donors (Lipinski definition) is 2. The van der Waals surface area contributed by atoms with E-state index in [1.165, 1.54) is 0 Å². The van der Waals surface area contributed by atoms with Crippen LogP contribution in [0.1, 0.15) is 6.42 Å². The van der Waals surface area contributed by atoms with Gasteiger partial charge in [0, 0.05) is 42.9 Å². The number of aromatic nitrogens is 2. The van der Waals surface area contributed by atoms with E-state index in [4.69, 9.17) is 5.11 Å². The van der Waals surface area contributed by atoms with Gasteiger partial charge in [-0.3, -0.25) is 9.89 Å². The first-order valence-corrected chi connectivity index (χ1v) is 6.28. The molecule has 2 aromatic rings.